The number of amides is 1. The fourth-order valence-electron chi connectivity index (χ4n) is 9.25. The first-order valence-corrected chi connectivity index (χ1v) is 30.2. The third-order valence-electron chi connectivity index (χ3n) is 13.9. The minimum atomic E-state index is -0.672. The van der Waals surface area contributed by atoms with Crippen LogP contribution in [-0.2, 0) is 14.3 Å². The second-order valence-electron chi connectivity index (χ2n) is 20.7. The van der Waals surface area contributed by atoms with Gasteiger partial charge in [-0.3, -0.25) is 9.59 Å². The van der Waals surface area contributed by atoms with Gasteiger partial charge in [0.15, 0.2) is 0 Å². The van der Waals surface area contributed by atoms with Crippen molar-refractivity contribution in [2.24, 2.45) is 0 Å². The zero-order chi connectivity index (χ0) is 49.3. The van der Waals surface area contributed by atoms with Crippen molar-refractivity contribution >= 4 is 11.9 Å². The number of carbonyl (C=O) groups is 2. The van der Waals surface area contributed by atoms with Crippen LogP contribution in [-0.4, -0.2) is 47.4 Å². The number of hydrogen-bond acceptors (Lipinski definition) is 5. The first-order chi connectivity index (χ1) is 33.5. The molecule has 0 saturated heterocycles. The largest absolute Gasteiger partial charge is 0.466 e. The van der Waals surface area contributed by atoms with Crippen molar-refractivity contribution in [3.8, 4) is 0 Å². The first kappa shape index (κ1) is 66.1. The summed E-state index contributed by atoms with van der Waals surface area (Å²) in [5.41, 5.74) is 0. The number of rotatable bonds is 56. The van der Waals surface area contributed by atoms with Gasteiger partial charge >= 0.3 is 5.97 Å². The third-order valence-corrected chi connectivity index (χ3v) is 13.9. The smallest absolute Gasteiger partial charge is 0.305 e. The first-order valence-electron chi connectivity index (χ1n) is 30.2. The van der Waals surface area contributed by atoms with E-state index in [-0.39, 0.29) is 18.5 Å². The van der Waals surface area contributed by atoms with Crippen LogP contribution in [0, 0.1) is 0 Å². The Hall–Kier alpha value is -1.92. The van der Waals surface area contributed by atoms with E-state index in [4.69, 9.17) is 4.74 Å². The molecule has 2 unspecified atom stereocenters. The van der Waals surface area contributed by atoms with Gasteiger partial charge in [-0.2, -0.15) is 0 Å². The summed E-state index contributed by atoms with van der Waals surface area (Å²) in [6.45, 7) is 4.92. The molecule has 6 nitrogen and oxygen atoms in total. The molecule has 0 bridgehead atoms. The molecular weight excluding hydrogens is 839 g/mol. The Balaban J connectivity index is 3.44. The maximum Gasteiger partial charge on any atom is 0.305 e. The fraction of sp³-hybridized carbons (Fsp3) is 0.871. The number of carbonyl (C=O) groups excluding carboxylic acids is 2. The zero-order valence-electron chi connectivity index (χ0n) is 45.6. The van der Waals surface area contributed by atoms with Crippen molar-refractivity contribution < 1.29 is 24.5 Å². The van der Waals surface area contributed by atoms with Gasteiger partial charge in [-0.15, -0.1) is 0 Å². The van der Waals surface area contributed by atoms with Crippen LogP contribution in [0.2, 0.25) is 0 Å². The average Bonchev–Trinajstić information content (AvgIpc) is 3.34. The minimum Gasteiger partial charge on any atom is -0.466 e. The van der Waals surface area contributed by atoms with Crippen molar-refractivity contribution in [1.82, 2.24) is 5.32 Å². The standard InChI is InChI=1S/C62H117NO5/c1-3-5-7-9-11-13-15-17-19-20-21-24-28-32-36-40-44-48-52-56-62(67)68-57-53-49-45-41-37-33-29-25-22-23-27-31-35-39-43-47-51-55-61(66)63-59(58-64)60(65)54-50-46-42-38-34-30-26-18-16-14-12-10-8-6-4-2/h11,13,17,19,22,25,59-60,64-65H,3-10,12,14-16,18,20-21,23-24,26-58H2,1-2H3,(H,63,66)/b13-11-,19-17-,25-22-. The SMILES string of the molecule is CCCCC/C=C\C/C=C\CCCCCCCCCCCC(=O)OCCCCCCCC/C=C\CCCCCCCCCC(=O)NC(CO)C(O)CCCCCCCCCCCCCCCCC. The van der Waals surface area contributed by atoms with Crippen molar-refractivity contribution in [2.75, 3.05) is 13.2 Å². The summed E-state index contributed by atoms with van der Waals surface area (Å²) in [6.07, 6.45) is 71.4. The van der Waals surface area contributed by atoms with Gasteiger partial charge in [-0.25, -0.2) is 0 Å². The average molecular weight is 957 g/mol. The Morgan fingerprint density at radius 3 is 1.16 bits per heavy atom. The molecule has 6 heteroatoms. The van der Waals surface area contributed by atoms with E-state index in [1.807, 2.05) is 0 Å². The van der Waals surface area contributed by atoms with Crippen LogP contribution in [0.25, 0.3) is 0 Å². The molecular formula is C62H117NO5. The number of esters is 1. The van der Waals surface area contributed by atoms with Crippen molar-refractivity contribution in [2.45, 2.75) is 334 Å². The lowest BCUT2D eigenvalue weighted by molar-refractivity contribution is -0.143. The molecule has 0 radical (unpaired) electrons. The molecule has 3 N–H and O–H groups in total. The Bertz CT molecular complexity index is 1100. The lowest BCUT2D eigenvalue weighted by atomic mass is 10.0. The van der Waals surface area contributed by atoms with Gasteiger partial charge in [-0.1, -0.05) is 262 Å². The number of nitrogens with one attached hydrogen (secondary N) is 1. The van der Waals surface area contributed by atoms with Crippen LogP contribution < -0.4 is 5.32 Å². The van der Waals surface area contributed by atoms with Gasteiger partial charge in [0.2, 0.25) is 5.91 Å². The molecule has 0 aliphatic rings. The normalized spacial score (nSPS) is 12.8. The predicted octanol–water partition coefficient (Wildman–Crippen LogP) is 18.8. The summed E-state index contributed by atoms with van der Waals surface area (Å²) in [6, 6.07) is -0.551. The van der Waals surface area contributed by atoms with E-state index in [0.29, 0.717) is 25.9 Å². The molecule has 0 aromatic heterocycles. The highest BCUT2D eigenvalue weighted by Gasteiger charge is 2.20. The molecule has 0 heterocycles. The molecule has 0 aromatic rings. The molecule has 0 aromatic carbocycles. The lowest BCUT2D eigenvalue weighted by Gasteiger charge is -2.22. The van der Waals surface area contributed by atoms with E-state index in [1.165, 1.54) is 225 Å². The maximum atomic E-state index is 12.5. The number of aliphatic hydroxyl groups excluding tert-OH is 2. The van der Waals surface area contributed by atoms with Crippen LogP contribution in [0.15, 0.2) is 36.5 Å². The molecule has 0 saturated carbocycles. The predicted molar refractivity (Wildman–Crippen MR) is 296 cm³/mol. The van der Waals surface area contributed by atoms with Crippen molar-refractivity contribution in [1.29, 1.82) is 0 Å². The van der Waals surface area contributed by atoms with E-state index in [1.54, 1.807) is 0 Å². The number of hydrogen-bond donors (Lipinski definition) is 3. The van der Waals surface area contributed by atoms with Crippen LogP contribution in [0.1, 0.15) is 322 Å². The molecule has 0 spiro atoms. The molecule has 0 rings (SSSR count). The second-order valence-corrected chi connectivity index (χ2v) is 20.7. The van der Waals surface area contributed by atoms with Gasteiger partial charge in [-0.05, 0) is 83.5 Å². The van der Waals surface area contributed by atoms with E-state index in [2.05, 4.69) is 55.6 Å². The molecule has 0 aliphatic heterocycles. The fourth-order valence-corrected chi connectivity index (χ4v) is 9.25. The summed E-state index contributed by atoms with van der Waals surface area (Å²) < 4.78 is 5.48. The van der Waals surface area contributed by atoms with E-state index in [9.17, 15) is 19.8 Å². The van der Waals surface area contributed by atoms with Gasteiger partial charge in [0.05, 0.1) is 25.4 Å². The van der Waals surface area contributed by atoms with Gasteiger partial charge in [0, 0.05) is 12.8 Å². The van der Waals surface area contributed by atoms with Crippen LogP contribution >= 0.6 is 0 Å². The number of aliphatic hydroxyl groups is 2. The van der Waals surface area contributed by atoms with E-state index < -0.39 is 12.1 Å². The van der Waals surface area contributed by atoms with E-state index >= 15 is 0 Å². The van der Waals surface area contributed by atoms with Crippen LogP contribution in [0.3, 0.4) is 0 Å². The summed E-state index contributed by atoms with van der Waals surface area (Å²) >= 11 is 0. The van der Waals surface area contributed by atoms with Crippen LogP contribution in [0.4, 0.5) is 0 Å². The van der Waals surface area contributed by atoms with Crippen molar-refractivity contribution in [3.05, 3.63) is 36.5 Å². The quantitative estimate of drug-likeness (QED) is 0.0321. The Kier molecular flexibility index (Phi) is 56.0. The Morgan fingerprint density at radius 2 is 0.735 bits per heavy atom. The topological polar surface area (TPSA) is 95.9 Å². The Morgan fingerprint density at radius 1 is 0.412 bits per heavy atom. The molecule has 68 heavy (non-hydrogen) atoms. The second kappa shape index (κ2) is 57.7. The van der Waals surface area contributed by atoms with Gasteiger partial charge in [0.25, 0.3) is 0 Å². The van der Waals surface area contributed by atoms with Gasteiger partial charge in [0.1, 0.15) is 0 Å². The molecule has 0 aliphatic carbocycles. The molecule has 2 atom stereocenters. The highest BCUT2D eigenvalue weighted by Crippen LogP contribution is 2.17. The highest BCUT2D eigenvalue weighted by molar-refractivity contribution is 5.76. The highest BCUT2D eigenvalue weighted by atomic mass is 16.5. The summed E-state index contributed by atoms with van der Waals surface area (Å²) in [7, 11) is 0. The monoisotopic (exact) mass is 956 g/mol. The Labute approximate surface area is 424 Å². The van der Waals surface area contributed by atoms with Gasteiger partial charge < -0.3 is 20.3 Å². The number of unbranched alkanes of at least 4 members (excludes halogenated alkanes) is 39. The third kappa shape index (κ3) is 53.4. The zero-order valence-corrected chi connectivity index (χ0v) is 45.6. The van der Waals surface area contributed by atoms with Crippen LogP contribution in [0.5, 0.6) is 0 Å². The summed E-state index contributed by atoms with van der Waals surface area (Å²) in [5, 5.41) is 23.3. The number of allylic oxidation sites excluding steroid dienone is 6. The number of ether oxygens (including phenoxy) is 1. The molecule has 0 fully saturated rings. The molecule has 1 amide bonds. The molecule has 400 valence electrons. The lowest BCUT2D eigenvalue weighted by Crippen LogP contribution is -2.45. The minimum absolute atomic E-state index is 0.00544. The maximum absolute atomic E-state index is 12.5. The summed E-state index contributed by atoms with van der Waals surface area (Å²) in [5.74, 6) is -0.0516. The van der Waals surface area contributed by atoms with Crippen molar-refractivity contribution in [3.63, 3.8) is 0 Å². The summed E-state index contributed by atoms with van der Waals surface area (Å²) in [4.78, 5) is 24.6. The van der Waals surface area contributed by atoms with E-state index in [0.717, 1.165) is 64.2 Å².